The molecule has 0 amide bonds. The van der Waals surface area contributed by atoms with Crippen LogP contribution < -0.4 is 10.6 Å². The molecule has 0 aromatic carbocycles. The lowest BCUT2D eigenvalue weighted by Crippen LogP contribution is -2.37. The molecule has 2 aliphatic rings. The normalized spacial score (nSPS) is 21.9. The number of hydrogen-bond donors (Lipinski definition) is 4. The summed E-state index contributed by atoms with van der Waals surface area (Å²) in [6.07, 6.45) is 10.2. The summed E-state index contributed by atoms with van der Waals surface area (Å²) in [4.78, 5) is 9.07. The average Bonchev–Trinajstić information content (AvgIpc) is 3.00. The Kier molecular flexibility index (Phi) is 14.8. The third kappa shape index (κ3) is 11.0. The quantitative estimate of drug-likeness (QED) is 0.203. The van der Waals surface area contributed by atoms with Crippen LogP contribution in [-0.2, 0) is 13.1 Å². The molecule has 0 spiro atoms. The SMILES string of the molecule is CC1CC=C(c2ccc(F)c(CN[C@@H](CO)C(C)C)n2)CC1.CC1CCC(c2ccc(F)c(CN[C@@H](CO)C(C)C)n2)CC1. The van der Waals surface area contributed by atoms with E-state index in [2.05, 4.69) is 40.5 Å². The van der Waals surface area contributed by atoms with Crippen molar-refractivity contribution in [1.29, 1.82) is 0 Å². The summed E-state index contributed by atoms with van der Waals surface area (Å²) in [6.45, 7) is 13.5. The highest BCUT2D eigenvalue weighted by molar-refractivity contribution is 5.63. The lowest BCUT2D eigenvalue weighted by molar-refractivity contribution is 0.209. The molecule has 2 aromatic heterocycles. The first-order chi connectivity index (χ1) is 21.0. The number of aliphatic hydroxyl groups is 2. The van der Waals surface area contributed by atoms with Crippen LogP contribution in [-0.4, -0.2) is 45.5 Å². The van der Waals surface area contributed by atoms with Crippen molar-refractivity contribution in [3.05, 3.63) is 64.8 Å². The summed E-state index contributed by atoms with van der Waals surface area (Å²) in [7, 11) is 0. The van der Waals surface area contributed by atoms with Crippen LogP contribution in [0, 0.1) is 35.3 Å². The van der Waals surface area contributed by atoms with Gasteiger partial charge in [0.1, 0.15) is 11.6 Å². The van der Waals surface area contributed by atoms with Gasteiger partial charge in [0.15, 0.2) is 0 Å². The number of hydrogen-bond acceptors (Lipinski definition) is 6. The molecule has 2 aliphatic carbocycles. The maximum atomic E-state index is 14.0. The van der Waals surface area contributed by atoms with Gasteiger partial charge in [-0.25, -0.2) is 13.8 Å². The minimum atomic E-state index is -0.290. The van der Waals surface area contributed by atoms with Crippen LogP contribution in [0.1, 0.15) is 115 Å². The topological polar surface area (TPSA) is 90.3 Å². The minimum Gasteiger partial charge on any atom is -0.395 e. The Morgan fingerprint density at radius 1 is 0.750 bits per heavy atom. The summed E-state index contributed by atoms with van der Waals surface area (Å²) in [5.41, 5.74) is 4.03. The lowest BCUT2D eigenvalue weighted by atomic mass is 9.81. The molecule has 8 heteroatoms. The number of rotatable bonds is 12. The van der Waals surface area contributed by atoms with Crippen LogP contribution in [0.5, 0.6) is 0 Å². The molecule has 3 atom stereocenters. The highest BCUT2D eigenvalue weighted by Crippen LogP contribution is 2.35. The summed E-state index contributed by atoms with van der Waals surface area (Å²) in [6, 6.07) is 6.58. The molecule has 44 heavy (non-hydrogen) atoms. The van der Waals surface area contributed by atoms with Crippen LogP contribution >= 0.6 is 0 Å². The Bertz CT molecular complexity index is 1180. The molecule has 4 rings (SSSR count). The monoisotopic (exact) mass is 614 g/mol. The van der Waals surface area contributed by atoms with E-state index < -0.39 is 0 Å². The molecule has 246 valence electrons. The first-order valence-electron chi connectivity index (χ1n) is 16.7. The van der Waals surface area contributed by atoms with Gasteiger partial charge in [-0.3, -0.25) is 4.98 Å². The number of aliphatic hydroxyl groups excluding tert-OH is 2. The van der Waals surface area contributed by atoms with Crippen molar-refractivity contribution in [2.45, 2.75) is 118 Å². The number of allylic oxidation sites excluding steroid dienone is 2. The molecule has 2 heterocycles. The standard InChI is InChI=1S/C18H29FN2O.C18H27FN2O/c2*1-12(2)18(11-22)20-10-17-15(19)8-9-16(21-17)14-6-4-13(3)5-7-14/h8-9,12-14,18,20,22H,4-7,10-11H2,1-3H3;6,8-9,12-13,18,20,22H,4-5,7,10-11H2,1-3H3/t13?,14?,18-;13?,18-/m00/s1. The van der Waals surface area contributed by atoms with Crippen LogP contribution in [0.3, 0.4) is 0 Å². The Balaban J connectivity index is 0.000000240. The van der Waals surface area contributed by atoms with E-state index in [9.17, 15) is 19.0 Å². The fourth-order valence-electron chi connectivity index (χ4n) is 5.87. The van der Waals surface area contributed by atoms with Gasteiger partial charge in [0, 0.05) is 36.8 Å². The molecule has 1 saturated carbocycles. The average molecular weight is 615 g/mol. The highest BCUT2D eigenvalue weighted by Gasteiger charge is 2.22. The van der Waals surface area contributed by atoms with E-state index in [4.69, 9.17) is 0 Å². The summed E-state index contributed by atoms with van der Waals surface area (Å²) in [5.74, 6) is 2.03. The van der Waals surface area contributed by atoms with Gasteiger partial charge in [0.2, 0.25) is 0 Å². The first-order valence-corrected chi connectivity index (χ1v) is 16.7. The van der Waals surface area contributed by atoms with Crippen molar-refractivity contribution in [1.82, 2.24) is 20.6 Å². The van der Waals surface area contributed by atoms with Gasteiger partial charge in [0.05, 0.1) is 30.3 Å². The third-order valence-electron chi connectivity index (χ3n) is 9.36. The van der Waals surface area contributed by atoms with E-state index in [1.54, 1.807) is 12.1 Å². The van der Waals surface area contributed by atoms with Gasteiger partial charge < -0.3 is 20.8 Å². The van der Waals surface area contributed by atoms with Gasteiger partial charge in [-0.15, -0.1) is 0 Å². The van der Waals surface area contributed by atoms with Crippen molar-refractivity contribution in [2.24, 2.45) is 23.7 Å². The van der Waals surface area contributed by atoms with E-state index in [0.717, 1.165) is 48.9 Å². The Morgan fingerprint density at radius 3 is 1.80 bits per heavy atom. The maximum absolute atomic E-state index is 14.0. The van der Waals surface area contributed by atoms with E-state index in [0.29, 0.717) is 42.2 Å². The fourth-order valence-corrected chi connectivity index (χ4v) is 5.87. The predicted octanol–water partition coefficient (Wildman–Crippen LogP) is 7.15. The van der Waals surface area contributed by atoms with Crippen LogP contribution in [0.4, 0.5) is 8.78 Å². The molecule has 1 unspecified atom stereocenters. The third-order valence-corrected chi connectivity index (χ3v) is 9.36. The fraction of sp³-hybridized carbons (Fsp3) is 0.667. The first kappa shape index (κ1) is 36.2. The van der Waals surface area contributed by atoms with E-state index in [1.165, 1.54) is 30.9 Å². The van der Waals surface area contributed by atoms with Crippen molar-refractivity contribution in [3.63, 3.8) is 0 Å². The number of nitrogens with one attached hydrogen (secondary N) is 2. The summed E-state index contributed by atoms with van der Waals surface area (Å²) >= 11 is 0. The number of pyridine rings is 2. The van der Waals surface area contributed by atoms with Crippen LogP contribution in [0.15, 0.2) is 30.3 Å². The zero-order valence-corrected chi connectivity index (χ0v) is 27.8. The van der Waals surface area contributed by atoms with E-state index >= 15 is 0 Å². The highest BCUT2D eigenvalue weighted by atomic mass is 19.1. The largest absolute Gasteiger partial charge is 0.395 e. The van der Waals surface area contributed by atoms with E-state index in [1.807, 2.05) is 33.8 Å². The zero-order valence-electron chi connectivity index (χ0n) is 27.8. The molecule has 0 bridgehead atoms. The smallest absolute Gasteiger partial charge is 0.146 e. The maximum Gasteiger partial charge on any atom is 0.146 e. The van der Waals surface area contributed by atoms with Gasteiger partial charge in [-0.05, 0) is 85.6 Å². The molecule has 0 aliphatic heterocycles. The second kappa shape index (κ2) is 18.0. The van der Waals surface area contributed by atoms with E-state index in [-0.39, 0.29) is 36.9 Å². The van der Waals surface area contributed by atoms with Gasteiger partial charge in [-0.2, -0.15) is 0 Å². The second-order valence-electron chi connectivity index (χ2n) is 13.7. The zero-order chi connectivity index (χ0) is 32.2. The van der Waals surface area contributed by atoms with Crippen LogP contribution in [0.2, 0.25) is 0 Å². The molecule has 6 nitrogen and oxygen atoms in total. The van der Waals surface area contributed by atoms with Crippen molar-refractivity contribution >= 4 is 5.57 Å². The molecular weight excluding hydrogens is 558 g/mol. The molecule has 1 fully saturated rings. The lowest BCUT2D eigenvalue weighted by Gasteiger charge is -2.26. The summed E-state index contributed by atoms with van der Waals surface area (Å²) in [5, 5.41) is 25.1. The molecule has 4 N–H and O–H groups in total. The van der Waals surface area contributed by atoms with Crippen molar-refractivity contribution < 1.29 is 19.0 Å². The Morgan fingerprint density at radius 2 is 1.30 bits per heavy atom. The Labute approximate surface area is 264 Å². The van der Waals surface area contributed by atoms with Crippen molar-refractivity contribution in [2.75, 3.05) is 13.2 Å². The number of nitrogens with zero attached hydrogens (tertiary/aromatic N) is 2. The van der Waals surface area contributed by atoms with Gasteiger partial charge >= 0.3 is 0 Å². The molecule has 0 radical (unpaired) electrons. The van der Waals surface area contributed by atoms with Crippen LogP contribution in [0.25, 0.3) is 5.57 Å². The second-order valence-corrected chi connectivity index (χ2v) is 13.7. The number of aromatic nitrogens is 2. The van der Waals surface area contributed by atoms with Gasteiger partial charge in [-0.1, -0.05) is 60.5 Å². The van der Waals surface area contributed by atoms with Crippen molar-refractivity contribution in [3.8, 4) is 0 Å². The van der Waals surface area contributed by atoms with Gasteiger partial charge in [0.25, 0.3) is 0 Å². The molecule has 2 aromatic rings. The predicted molar refractivity (Wildman–Crippen MR) is 175 cm³/mol. The Hall–Kier alpha value is -2.26. The minimum absolute atomic E-state index is 0.0274. The summed E-state index contributed by atoms with van der Waals surface area (Å²) < 4.78 is 28.0. The molecule has 0 saturated heterocycles. The number of halogens is 2. The molecular formula is C36H56F2N4O2.